The summed E-state index contributed by atoms with van der Waals surface area (Å²) in [7, 11) is -2.45. The number of rotatable bonds is 4. The molecule has 0 aliphatic carbocycles. The Kier molecular flexibility index (Phi) is 4.00. The van der Waals surface area contributed by atoms with Crippen molar-refractivity contribution in [3.8, 4) is 0 Å². The summed E-state index contributed by atoms with van der Waals surface area (Å²) in [6.07, 6.45) is -0.241. The van der Waals surface area contributed by atoms with Crippen molar-refractivity contribution >= 4 is 15.8 Å². The first-order chi connectivity index (χ1) is 7.45. The minimum Gasteiger partial charge on any atom is -0.469 e. The lowest BCUT2D eigenvalue weighted by Gasteiger charge is -2.03. The van der Waals surface area contributed by atoms with Crippen molar-refractivity contribution in [3.63, 3.8) is 0 Å². The lowest BCUT2D eigenvalue weighted by atomic mass is 10.4. The topological polar surface area (TPSA) is 60.4 Å². The van der Waals surface area contributed by atoms with E-state index in [-0.39, 0.29) is 17.1 Å². The van der Waals surface area contributed by atoms with Gasteiger partial charge < -0.3 is 4.74 Å². The Morgan fingerprint density at radius 3 is 2.69 bits per heavy atom. The van der Waals surface area contributed by atoms with Gasteiger partial charge in [-0.3, -0.25) is 4.79 Å². The second-order valence-corrected chi connectivity index (χ2v) is 5.21. The van der Waals surface area contributed by atoms with Crippen LogP contribution in [-0.4, -0.2) is 27.2 Å². The van der Waals surface area contributed by atoms with E-state index in [0.29, 0.717) is 0 Å². The Hall–Kier alpha value is -1.43. The number of carbonyl (C=O) groups is 1. The van der Waals surface area contributed by atoms with Crippen molar-refractivity contribution in [2.75, 3.05) is 12.9 Å². The minimum absolute atomic E-state index is 0.128. The molecule has 0 heterocycles. The SMILES string of the molecule is COC(=O)CCS(=O)(=O)c1cccc(F)c1. The molecule has 0 N–H and O–H groups in total. The van der Waals surface area contributed by atoms with Crippen molar-refractivity contribution in [1.82, 2.24) is 0 Å². The lowest BCUT2D eigenvalue weighted by molar-refractivity contribution is -0.140. The summed E-state index contributed by atoms with van der Waals surface area (Å²) in [5.41, 5.74) is 0. The number of benzene rings is 1. The van der Waals surface area contributed by atoms with E-state index in [2.05, 4.69) is 4.74 Å². The van der Waals surface area contributed by atoms with Gasteiger partial charge in [-0.1, -0.05) is 6.07 Å². The number of ether oxygens (including phenoxy) is 1. The predicted octanol–water partition coefficient (Wildman–Crippen LogP) is 1.16. The van der Waals surface area contributed by atoms with Crippen LogP contribution in [0, 0.1) is 5.82 Å². The van der Waals surface area contributed by atoms with Crippen LogP contribution in [-0.2, 0) is 19.4 Å². The van der Waals surface area contributed by atoms with Gasteiger partial charge in [-0.05, 0) is 18.2 Å². The molecule has 0 bridgehead atoms. The van der Waals surface area contributed by atoms with Crippen molar-refractivity contribution in [1.29, 1.82) is 0 Å². The van der Waals surface area contributed by atoms with Crippen molar-refractivity contribution in [3.05, 3.63) is 30.1 Å². The highest BCUT2D eigenvalue weighted by Crippen LogP contribution is 2.13. The highest BCUT2D eigenvalue weighted by Gasteiger charge is 2.17. The highest BCUT2D eigenvalue weighted by molar-refractivity contribution is 7.91. The molecule has 1 rings (SSSR count). The second-order valence-electron chi connectivity index (χ2n) is 3.10. The molecule has 16 heavy (non-hydrogen) atoms. The van der Waals surface area contributed by atoms with Crippen LogP contribution in [0.5, 0.6) is 0 Å². The molecule has 1 aromatic carbocycles. The maximum absolute atomic E-state index is 12.8. The number of carbonyl (C=O) groups excluding carboxylic acids is 1. The van der Waals surface area contributed by atoms with Gasteiger partial charge in [-0.15, -0.1) is 0 Å². The summed E-state index contributed by atoms with van der Waals surface area (Å²) in [6.45, 7) is 0. The Balaban J connectivity index is 2.82. The molecule has 0 amide bonds. The molecule has 0 atom stereocenters. The molecular weight excluding hydrogens is 235 g/mol. The molecule has 0 aliphatic heterocycles. The summed E-state index contributed by atoms with van der Waals surface area (Å²) in [4.78, 5) is 10.7. The Morgan fingerprint density at radius 2 is 2.12 bits per heavy atom. The molecule has 4 nitrogen and oxygen atoms in total. The molecule has 0 saturated carbocycles. The van der Waals surface area contributed by atoms with E-state index in [9.17, 15) is 17.6 Å². The molecule has 0 aliphatic rings. The van der Waals surface area contributed by atoms with E-state index >= 15 is 0 Å². The normalized spacial score (nSPS) is 11.1. The molecule has 6 heteroatoms. The number of halogens is 1. The molecule has 0 unspecified atom stereocenters. The highest BCUT2D eigenvalue weighted by atomic mass is 32.2. The largest absolute Gasteiger partial charge is 0.469 e. The van der Waals surface area contributed by atoms with Gasteiger partial charge in [0, 0.05) is 0 Å². The van der Waals surface area contributed by atoms with E-state index in [1.807, 2.05) is 0 Å². The van der Waals surface area contributed by atoms with E-state index in [1.165, 1.54) is 19.2 Å². The number of hydrogen-bond acceptors (Lipinski definition) is 4. The van der Waals surface area contributed by atoms with Gasteiger partial charge in [-0.25, -0.2) is 12.8 Å². The van der Waals surface area contributed by atoms with Gasteiger partial charge in [0.1, 0.15) is 5.82 Å². The third kappa shape index (κ3) is 3.30. The quantitative estimate of drug-likeness (QED) is 0.748. The first-order valence-electron chi connectivity index (χ1n) is 4.51. The summed E-state index contributed by atoms with van der Waals surface area (Å²) in [5, 5.41) is 0. The molecule has 0 fully saturated rings. The van der Waals surface area contributed by atoms with Crippen LogP contribution < -0.4 is 0 Å². The number of sulfone groups is 1. The monoisotopic (exact) mass is 246 g/mol. The minimum atomic E-state index is -3.63. The standard InChI is InChI=1S/C10H11FO4S/c1-15-10(12)5-6-16(13,14)9-4-2-3-8(11)7-9/h2-4,7H,5-6H2,1H3. The van der Waals surface area contributed by atoms with Gasteiger partial charge in [0.25, 0.3) is 0 Å². The van der Waals surface area contributed by atoms with Crippen LogP contribution in [0.1, 0.15) is 6.42 Å². The first kappa shape index (κ1) is 12.6. The van der Waals surface area contributed by atoms with Gasteiger partial charge >= 0.3 is 5.97 Å². The maximum atomic E-state index is 12.8. The predicted molar refractivity (Wildman–Crippen MR) is 55.1 cm³/mol. The molecule has 88 valence electrons. The van der Waals surface area contributed by atoms with Gasteiger partial charge in [0.2, 0.25) is 0 Å². The lowest BCUT2D eigenvalue weighted by Crippen LogP contribution is -2.12. The average molecular weight is 246 g/mol. The van der Waals surface area contributed by atoms with Gasteiger partial charge in [0.15, 0.2) is 9.84 Å². The zero-order chi connectivity index (χ0) is 12.2. The molecular formula is C10H11FO4S. The first-order valence-corrected chi connectivity index (χ1v) is 6.16. The third-order valence-corrected chi connectivity index (χ3v) is 3.67. The van der Waals surface area contributed by atoms with Crippen LogP contribution in [0.4, 0.5) is 4.39 Å². The van der Waals surface area contributed by atoms with Crippen LogP contribution in [0.3, 0.4) is 0 Å². The number of hydrogen-bond donors (Lipinski definition) is 0. The maximum Gasteiger partial charge on any atom is 0.306 e. The number of esters is 1. The van der Waals surface area contributed by atoms with E-state index in [0.717, 1.165) is 12.1 Å². The van der Waals surface area contributed by atoms with Crippen molar-refractivity contribution < 1.29 is 22.3 Å². The Bertz CT molecular complexity index is 481. The Labute approximate surface area is 93.0 Å². The molecule has 0 spiro atoms. The fourth-order valence-electron chi connectivity index (χ4n) is 1.10. The fourth-order valence-corrected chi connectivity index (χ4v) is 2.35. The van der Waals surface area contributed by atoms with Crippen LogP contribution in [0.2, 0.25) is 0 Å². The zero-order valence-corrected chi connectivity index (χ0v) is 9.46. The zero-order valence-electron chi connectivity index (χ0n) is 8.64. The summed E-state index contributed by atoms with van der Waals surface area (Å²) >= 11 is 0. The summed E-state index contributed by atoms with van der Waals surface area (Å²) in [5.74, 6) is -1.62. The van der Waals surface area contributed by atoms with Gasteiger partial charge in [0.05, 0.1) is 24.2 Å². The van der Waals surface area contributed by atoms with Crippen molar-refractivity contribution in [2.45, 2.75) is 11.3 Å². The van der Waals surface area contributed by atoms with E-state index < -0.39 is 21.6 Å². The summed E-state index contributed by atoms with van der Waals surface area (Å²) < 4.78 is 40.4. The smallest absolute Gasteiger partial charge is 0.306 e. The average Bonchev–Trinajstić information content (AvgIpc) is 2.26. The number of methoxy groups -OCH3 is 1. The molecule has 0 saturated heterocycles. The van der Waals surface area contributed by atoms with Crippen LogP contribution in [0.15, 0.2) is 29.2 Å². The van der Waals surface area contributed by atoms with Crippen LogP contribution in [0.25, 0.3) is 0 Å². The molecule has 0 aromatic heterocycles. The van der Waals surface area contributed by atoms with E-state index in [4.69, 9.17) is 0 Å². The Morgan fingerprint density at radius 1 is 1.44 bits per heavy atom. The second kappa shape index (κ2) is 5.07. The summed E-state index contributed by atoms with van der Waals surface area (Å²) in [6, 6.07) is 4.67. The fraction of sp³-hybridized carbons (Fsp3) is 0.300. The molecule has 0 radical (unpaired) electrons. The molecule has 1 aromatic rings. The van der Waals surface area contributed by atoms with Crippen molar-refractivity contribution in [2.24, 2.45) is 0 Å². The van der Waals surface area contributed by atoms with Crippen LogP contribution >= 0.6 is 0 Å². The van der Waals surface area contributed by atoms with E-state index in [1.54, 1.807) is 0 Å². The van der Waals surface area contributed by atoms with Gasteiger partial charge in [-0.2, -0.15) is 0 Å². The third-order valence-electron chi connectivity index (χ3n) is 1.96.